The number of aryl methyl sites for hydroxylation is 2. The summed E-state index contributed by atoms with van der Waals surface area (Å²) in [6, 6.07) is 5.41. The zero-order valence-electron chi connectivity index (χ0n) is 14.3. The molecule has 124 valence electrons. The second-order valence-electron chi connectivity index (χ2n) is 6.27. The van der Waals surface area contributed by atoms with Crippen LogP contribution in [-0.4, -0.2) is 22.8 Å². The molecule has 1 amide bonds. The van der Waals surface area contributed by atoms with E-state index in [2.05, 4.69) is 6.92 Å². The Hall–Kier alpha value is -2.10. The predicted octanol–water partition coefficient (Wildman–Crippen LogP) is 4.00. The number of hydrogen-bond acceptors (Lipinski definition) is 3. The molecule has 1 aromatic carbocycles. The van der Waals surface area contributed by atoms with Crippen LogP contribution in [0.25, 0.3) is 0 Å². The van der Waals surface area contributed by atoms with Crippen LogP contribution < -0.4 is 4.90 Å². The number of carbonyl (C=O) groups excluding carboxylic acids is 2. The van der Waals surface area contributed by atoms with Crippen molar-refractivity contribution in [2.24, 2.45) is 0 Å². The maximum absolute atomic E-state index is 12.5. The second kappa shape index (κ2) is 6.99. The number of carbonyl (C=O) groups is 2. The minimum absolute atomic E-state index is 0.233. The van der Waals surface area contributed by atoms with E-state index in [9.17, 15) is 14.7 Å². The van der Waals surface area contributed by atoms with Crippen LogP contribution in [0.5, 0.6) is 0 Å². The second-order valence-corrected chi connectivity index (χ2v) is 6.27. The Morgan fingerprint density at radius 1 is 1.22 bits per heavy atom. The van der Waals surface area contributed by atoms with Gasteiger partial charge in [0.25, 0.3) is 5.91 Å². The van der Waals surface area contributed by atoms with Crippen molar-refractivity contribution in [3.8, 4) is 0 Å². The van der Waals surface area contributed by atoms with E-state index in [1.807, 2.05) is 32.0 Å². The van der Waals surface area contributed by atoms with Crippen molar-refractivity contribution in [2.75, 3.05) is 4.90 Å². The first-order chi connectivity index (χ1) is 10.9. The molecule has 1 N–H and O–H groups in total. The summed E-state index contributed by atoms with van der Waals surface area (Å²) in [6.07, 6.45) is 3.71. The summed E-state index contributed by atoms with van der Waals surface area (Å²) in [7, 11) is 0. The predicted molar refractivity (Wildman–Crippen MR) is 91.7 cm³/mol. The van der Waals surface area contributed by atoms with E-state index in [1.165, 1.54) is 6.92 Å². The van der Waals surface area contributed by atoms with Gasteiger partial charge >= 0.3 is 0 Å². The van der Waals surface area contributed by atoms with E-state index < -0.39 is 11.7 Å². The van der Waals surface area contributed by atoms with E-state index in [-0.39, 0.29) is 17.4 Å². The Morgan fingerprint density at radius 2 is 1.91 bits per heavy atom. The van der Waals surface area contributed by atoms with Crippen molar-refractivity contribution in [1.82, 2.24) is 0 Å². The Kier molecular flexibility index (Phi) is 5.24. The van der Waals surface area contributed by atoms with Crippen LogP contribution in [0, 0.1) is 13.8 Å². The van der Waals surface area contributed by atoms with E-state index in [0.29, 0.717) is 6.42 Å². The molecular formula is C19H25NO3. The standard InChI is InChI=1S/C19H25NO3/c1-5-6-7-8-16-17(14(4)21)18(22)19(23)20(16)15-10-9-12(2)13(3)11-15/h9-11,16,22H,5-8H2,1-4H3. The highest BCUT2D eigenvalue weighted by Gasteiger charge is 2.41. The maximum atomic E-state index is 12.5. The first kappa shape index (κ1) is 17.3. The van der Waals surface area contributed by atoms with Crippen LogP contribution in [0.15, 0.2) is 29.5 Å². The summed E-state index contributed by atoms with van der Waals surface area (Å²) in [5, 5.41) is 10.2. The number of unbranched alkanes of at least 4 members (excludes halogenated alkanes) is 2. The quantitative estimate of drug-likeness (QED) is 0.807. The molecular weight excluding hydrogens is 290 g/mol. The lowest BCUT2D eigenvalue weighted by Crippen LogP contribution is -2.36. The smallest absolute Gasteiger partial charge is 0.294 e. The molecule has 23 heavy (non-hydrogen) atoms. The number of hydrogen-bond donors (Lipinski definition) is 1. The molecule has 1 unspecified atom stereocenters. The lowest BCUT2D eigenvalue weighted by Gasteiger charge is -2.27. The Labute approximate surface area is 137 Å². The largest absolute Gasteiger partial charge is 0.503 e. The molecule has 0 saturated heterocycles. The molecule has 0 fully saturated rings. The summed E-state index contributed by atoms with van der Waals surface area (Å²) in [4.78, 5) is 26.0. The molecule has 0 radical (unpaired) electrons. The van der Waals surface area contributed by atoms with Gasteiger partial charge in [-0.3, -0.25) is 14.5 Å². The van der Waals surface area contributed by atoms with Gasteiger partial charge < -0.3 is 5.11 Å². The van der Waals surface area contributed by atoms with Crippen molar-refractivity contribution < 1.29 is 14.7 Å². The van der Waals surface area contributed by atoms with Crippen molar-refractivity contribution in [3.63, 3.8) is 0 Å². The Bertz CT molecular complexity index is 661. The van der Waals surface area contributed by atoms with E-state index in [0.717, 1.165) is 36.1 Å². The van der Waals surface area contributed by atoms with E-state index in [4.69, 9.17) is 0 Å². The topological polar surface area (TPSA) is 57.6 Å². The monoisotopic (exact) mass is 315 g/mol. The van der Waals surface area contributed by atoms with Gasteiger partial charge in [0, 0.05) is 5.69 Å². The summed E-state index contributed by atoms with van der Waals surface area (Å²) in [5.74, 6) is -1.10. The van der Waals surface area contributed by atoms with Gasteiger partial charge in [-0.15, -0.1) is 0 Å². The third-order valence-electron chi connectivity index (χ3n) is 4.55. The van der Waals surface area contributed by atoms with Crippen LogP contribution in [-0.2, 0) is 9.59 Å². The minimum atomic E-state index is -0.472. The Morgan fingerprint density at radius 3 is 2.48 bits per heavy atom. The molecule has 4 nitrogen and oxygen atoms in total. The average molecular weight is 315 g/mol. The lowest BCUT2D eigenvalue weighted by atomic mass is 9.98. The normalized spacial score (nSPS) is 18.0. The number of nitrogens with zero attached hydrogens (tertiary/aromatic N) is 1. The highest BCUT2D eigenvalue weighted by molar-refractivity contribution is 6.15. The van der Waals surface area contributed by atoms with Gasteiger partial charge in [0.2, 0.25) is 0 Å². The fraction of sp³-hybridized carbons (Fsp3) is 0.474. The molecule has 4 heteroatoms. The molecule has 1 heterocycles. The molecule has 0 aromatic heterocycles. The van der Waals surface area contributed by atoms with Crippen molar-refractivity contribution >= 4 is 17.4 Å². The summed E-state index contributed by atoms with van der Waals surface area (Å²) >= 11 is 0. The van der Waals surface area contributed by atoms with Crippen LogP contribution >= 0.6 is 0 Å². The first-order valence-corrected chi connectivity index (χ1v) is 8.23. The van der Waals surface area contributed by atoms with Gasteiger partial charge in [0.05, 0.1) is 11.6 Å². The fourth-order valence-corrected chi connectivity index (χ4v) is 3.09. The van der Waals surface area contributed by atoms with Gasteiger partial charge in [0.1, 0.15) is 0 Å². The number of Topliss-reactive ketones (excluding diaryl/α,β-unsaturated/α-hetero) is 1. The van der Waals surface area contributed by atoms with Crippen molar-refractivity contribution in [2.45, 2.75) is 59.4 Å². The average Bonchev–Trinajstić information content (AvgIpc) is 2.74. The number of aliphatic hydroxyl groups excluding tert-OH is 1. The number of aliphatic hydroxyl groups is 1. The van der Waals surface area contributed by atoms with Gasteiger partial charge in [-0.1, -0.05) is 32.3 Å². The molecule has 1 aromatic rings. The molecule has 1 aliphatic rings. The van der Waals surface area contributed by atoms with E-state index in [1.54, 1.807) is 4.90 Å². The molecule has 0 aliphatic carbocycles. The number of rotatable bonds is 6. The zero-order valence-corrected chi connectivity index (χ0v) is 14.3. The number of anilines is 1. The van der Waals surface area contributed by atoms with Gasteiger partial charge in [-0.2, -0.15) is 0 Å². The Balaban J connectivity index is 2.41. The van der Waals surface area contributed by atoms with Crippen molar-refractivity contribution in [3.05, 3.63) is 40.7 Å². The summed E-state index contributed by atoms with van der Waals surface area (Å²) < 4.78 is 0. The molecule has 0 saturated carbocycles. The number of ketones is 1. The van der Waals surface area contributed by atoms with Crippen LogP contribution in [0.3, 0.4) is 0 Å². The van der Waals surface area contributed by atoms with Crippen LogP contribution in [0.1, 0.15) is 50.7 Å². The van der Waals surface area contributed by atoms with Gasteiger partial charge in [-0.05, 0) is 50.5 Å². The van der Waals surface area contributed by atoms with E-state index >= 15 is 0 Å². The van der Waals surface area contributed by atoms with Gasteiger partial charge in [0.15, 0.2) is 11.5 Å². The SMILES string of the molecule is CCCCCC1C(C(C)=O)=C(O)C(=O)N1c1ccc(C)c(C)c1. The molecule has 0 bridgehead atoms. The lowest BCUT2D eigenvalue weighted by molar-refractivity contribution is -0.117. The van der Waals surface area contributed by atoms with Gasteiger partial charge in [-0.25, -0.2) is 0 Å². The third kappa shape index (κ3) is 3.31. The summed E-state index contributed by atoms with van der Waals surface area (Å²) in [5.41, 5.74) is 3.22. The molecule has 0 spiro atoms. The first-order valence-electron chi connectivity index (χ1n) is 8.23. The third-order valence-corrected chi connectivity index (χ3v) is 4.55. The minimum Gasteiger partial charge on any atom is -0.503 e. The highest BCUT2D eigenvalue weighted by atomic mass is 16.3. The van der Waals surface area contributed by atoms with Crippen LogP contribution in [0.2, 0.25) is 0 Å². The molecule has 1 atom stereocenters. The fourth-order valence-electron chi connectivity index (χ4n) is 3.09. The zero-order chi connectivity index (χ0) is 17.1. The number of benzene rings is 1. The summed E-state index contributed by atoms with van der Waals surface area (Å²) in [6.45, 7) is 7.53. The molecule has 2 rings (SSSR count). The van der Waals surface area contributed by atoms with Crippen molar-refractivity contribution in [1.29, 1.82) is 0 Å². The highest BCUT2D eigenvalue weighted by Crippen LogP contribution is 2.34. The van der Waals surface area contributed by atoms with Crippen LogP contribution in [0.4, 0.5) is 5.69 Å². The maximum Gasteiger partial charge on any atom is 0.294 e. The molecule has 1 aliphatic heterocycles. The number of amides is 1.